The third-order valence-electron chi connectivity index (χ3n) is 2.77. The van der Waals surface area contributed by atoms with E-state index < -0.39 is 0 Å². The van der Waals surface area contributed by atoms with Crippen LogP contribution in [-0.2, 0) is 7.05 Å². The fourth-order valence-corrected chi connectivity index (χ4v) is 2.31. The van der Waals surface area contributed by atoms with Gasteiger partial charge in [-0.3, -0.25) is 0 Å². The van der Waals surface area contributed by atoms with E-state index >= 15 is 0 Å². The summed E-state index contributed by atoms with van der Waals surface area (Å²) >= 11 is 3.38. The highest BCUT2D eigenvalue weighted by Crippen LogP contribution is 2.24. The lowest BCUT2D eigenvalue weighted by Crippen LogP contribution is -1.92. The third kappa shape index (κ3) is 1.74. The molecular formula is C13H10BrN3. The maximum atomic E-state index is 4.64. The van der Waals surface area contributed by atoms with Crippen LogP contribution in [0.25, 0.3) is 22.4 Å². The smallest absolute Gasteiger partial charge is 0.141 e. The Balaban J connectivity index is 2.27. The third-order valence-corrected chi connectivity index (χ3v) is 3.21. The van der Waals surface area contributed by atoms with Gasteiger partial charge in [0.25, 0.3) is 0 Å². The summed E-state index contributed by atoms with van der Waals surface area (Å²) < 4.78 is 2.92. The molecular weight excluding hydrogens is 278 g/mol. The normalized spacial score (nSPS) is 10.9. The van der Waals surface area contributed by atoms with Crippen LogP contribution in [-0.4, -0.2) is 14.5 Å². The molecule has 0 atom stereocenters. The van der Waals surface area contributed by atoms with E-state index in [0.29, 0.717) is 0 Å². The van der Waals surface area contributed by atoms with Gasteiger partial charge in [-0.1, -0.05) is 12.1 Å². The quantitative estimate of drug-likeness (QED) is 0.642. The van der Waals surface area contributed by atoms with Crippen LogP contribution in [0.5, 0.6) is 0 Å². The molecule has 0 amide bonds. The number of fused-ring (bicyclic) bond motifs is 1. The van der Waals surface area contributed by atoms with E-state index in [4.69, 9.17) is 0 Å². The molecule has 0 aliphatic carbocycles. The summed E-state index contributed by atoms with van der Waals surface area (Å²) in [6.07, 6.45) is 1.78. The van der Waals surface area contributed by atoms with E-state index in [-0.39, 0.29) is 0 Å². The highest BCUT2D eigenvalue weighted by molar-refractivity contribution is 9.10. The first-order chi connectivity index (χ1) is 8.25. The van der Waals surface area contributed by atoms with Crippen LogP contribution in [0.2, 0.25) is 0 Å². The van der Waals surface area contributed by atoms with Crippen LogP contribution in [0.3, 0.4) is 0 Å². The molecule has 1 aromatic carbocycles. The number of pyridine rings is 1. The van der Waals surface area contributed by atoms with Gasteiger partial charge in [-0.2, -0.15) is 0 Å². The molecule has 3 aromatic rings. The van der Waals surface area contributed by atoms with Crippen molar-refractivity contribution in [1.82, 2.24) is 14.5 Å². The number of benzene rings is 1. The minimum Gasteiger partial charge on any atom is -0.327 e. The van der Waals surface area contributed by atoms with Gasteiger partial charge in [-0.05, 0) is 40.2 Å². The van der Waals surface area contributed by atoms with E-state index in [1.165, 1.54) is 0 Å². The molecule has 3 nitrogen and oxygen atoms in total. The van der Waals surface area contributed by atoms with Gasteiger partial charge in [-0.15, -0.1) is 0 Å². The molecule has 17 heavy (non-hydrogen) atoms. The molecule has 0 unspecified atom stereocenters. The number of aryl methyl sites for hydroxylation is 1. The van der Waals surface area contributed by atoms with Crippen molar-refractivity contribution < 1.29 is 0 Å². The maximum absolute atomic E-state index is 4.64. The summed E-state index contributed by atoms with van der Waals surface area (Å²) in [6.45, 7) is 0. The van der Waals surface area contributed by atoms with E-state index in [1.54, 1.807) is 6.20 Å². The molecule has 2 aromatic heterocycles. The number of hydrogen-bond donors (Lipinski definition) is 0. The number of imidazole rings is 1. The van der Waals surface area contributed by atoms with Crippen LogP contribution >= 0.6 is 15.9 Å². The average Bonchev–Trinajstić information content (AvgIpc) is 2.68. The van der Waals surface area contributed by atoms with Gasteiger partial charge in [0.1, 0.15) is 10.4 Å². The lowest BCUT2D eigenvalue weighted by atomic mass is 10.2. The Morgan fingerprint density at radius 1 is 1.18 bits per heavy atom. The van der Waals surface area contributed by atoms with Crippen LogP contribution in [0.15, 0.2) is 47.2 Å². The van der Waals surface area contributed by atoms with Gasteiger partial charge in [-0.25, -0.2) is 9.97 Å². The SMILES string of the molecule is Cn1c(-c2ccnc(Br)c2)nc2ccccc21. The van der Waals surface area contributed by atoms with Crippen molar-refractivity contribution in [2.24, 2.45) is 7.05 Å². The number of rotatable bonds is 1. The largest absolute Gasteiger partial charge is 0.327 e. The highest BCUT2D eigenvalue weighted by Gasteiger charge is 2.09. The second kappa shape index (κ2) is 3.96. The summed E-state index contributed by atoms with van der Waals surface area (Å²) in [5, 5.41) is 0. The number of nitrogens with zero attached hydrogens (tertiary/aromatic N) is 3. The molecule has 0 spiro atoms. The molecule has 0 bridgehead atoms. The van der Waals surface area contributed by atoms with Crippen LogP contribution < -0.4 is 0 Å². The highest BCUT2D eigenvalue weighted by atomic mass is 79.9. The first-order valence-corrected chi connectivity index (χ1v) is 6.08. The Morgan fingerprint density at radius 2 is 2.00 bits per heavy atom. The summed E-state index contributed by atoms with van der Waals surface area (Å²) in [5.41, 5.74) is 3.21. The minimum absolute atomic E-state index is 0.821. The predicted molar refractivity (Wildman–Crippen MR) is 71.6 cm³/mol. The van der Waals surface area contributed by atoms with Crippen molar-refractivity contribution in [3.8, 4) is 11.4 Å². The number of para-hydroxylation sites is 2. The molecule has 2 heterocycles. The Hall–Kier alpha value is -1.68. The summed E-state index contributed by atoms with van der Waals surface area (Å²) in [5.74, 6) is 0.953. The van der Waals surface area contributed by atoms with Crippen molar-refractivity contribution >= 4 is 27.0 Å². The molecule has 0 aliphatic rings. The van der Waals surface area contributed by atoms with Gasteiger partial charge < -0.3 is 4.57 Å². The molecule has 0 fully saturated rings. The van der Waals surface area contributed by atoms with Crippen LogP contribution in [0.1, 0.15) is 0 Å². The summed E-state index contributed by atoms with van der Waals surface area (Å²) in [6, 6.07) is 12.1. The predicted octanol–water partition coefficient (Wildman–Crippen LogP) is 3.40. The standard InChI is InChI=1S/C13H10BrN3/c1-17-11-5-3-2-4-10(11)16-13(17)9-6-7-15-12(14)8-9/h2-8H,1H3. The fourth-order valence-electron chi connectivity index (χ4n) is 1.95. The van der Waals surface area contributed by atoms with E-state index in [0.717, 1.165) is 27.0 Å². The second-order valence-corrected chi connectivity index (χ2v) is 4.66. The molecule has 4 heteroatoms. The number of aromatic nitrogens is 3. The van der Waals surface area contributed by atoms with Crippen molar-refractivity contribution in [2.75, 3.05) is 0 Å². The zero-order valence-electron chi connectivity index (χ0n) is 9.26. The molecule has 0 aliphatic heterocycles. The molecule has 0 radical (unpaired) electrons. The van der Waals surface area contributed by atoms with E-state index in [2.05, 4.69) is 36.5 Å². The number of hydrogen-bond acceptors (Lipinski definition) is 2. The summed E-state index contributed by atoms with van der Waals surface area (Å²) in [4.78, 5) is 8.77. The van der Waals surface area contributed by atoms with Gasteiger partial charge >= 0.3 is 0 Å². The lowest BCUT2D eigenvalue weighted by molar-refractivity contribution is 0.958. The Bertz CT molecular complexity index is 688. The van der Waals surface area contributed by atoms with Gasteiger partial charge in [0, 0.05) is 18.8 Å². The molecule has 0 N–H and O–H groups in total. The Morgan fingerprint density at radius 3 is 2.76 bits per heavy atom. The van der Waals surface area contributed by atoms with Gasteiger partial charge in [0.15, 0.2) is 0 Å². The average molecular weight is 288 g/mol. The Labute approximate surface area is 107 Å². The van der Waals surface area contributed by atoms with Crippen molar-refractivity contribution in [3.05, 3.63) is 47.2 Å². The van der Waals surface area contributed by atoms with Crippen molar-refractivity contribution in [3.63, 3.8) is 0 Å². The van der Waals surface area contributed by atoms with Crippen LogP contribution in [0.4, 0.5) is 0 Å². The van der Waals surface area contributed by atoms with Gasteiger partial charge in [0.05, 0.1) is 11.0 Å². The first-order valence-electron chi connectivity index (χ1n) is 5.29. The topological polar surface area (TPSA) is 30.7 Å². The fraction of sp³-hybridized carbons (Fsp3) is 0.0769. The summed E-state index contributed by atoms with van der Waals surface area (Å²) in [7, 11) is 2.03. The minimum atomic E-state index is 0.821. The monoisotopic (exact) mass is 287 g/mol. The Kier molecular flexibility index (Phi) is 2.44. The molecule has 0 saturated carbocycles. The molecule has 3 rings (SSSR count). The lowest BCUT2D eigenvalue weighted by Gasteiger charge is -2.02. The second-order valence-electron chi connectivity index (χ2n) is 3.85. The van der Waals surface area contributed by atoms with Crippen molar-refractivity contribution in [2.45, 2.75) is 0 Å². The zero-order chi connectivity index (χ0) is 11.8. The van der Waals surface area contributed by atoms with E-state index in [9.17, 15) is 0 Å². The maximum Gasteiger partial charge on any atom is 0.141 e. The molecule has 84 valence electrons. The first kappa shape index (κ1) is 10.5. The van der Waals surface area contributed by atoms with Gasteiger partial charge in [0.2, 0.25) is 0 Å². The van der Waals surface area contributed by atoms with Crippen LogP contribution in [0, 0.1) is 0 Å². The van der Waals surface area contributed by atoms with E-state index in [1.807, 2.05) is 37.4 Å². The number of halogens is 1. The molecule has 0 saturated heterocycles. The zero-order valence-corrected chi connectivity index (χ0v) is 10.8. The van der Waals surface area contributed by atoms with Crippen molar-refractivity contribution in [1.29, 1.82) is 0 Å².